The highest BCUT2D eigenvalue weighted by molar-refractivity contribution is 5.89. The van der Waals surface area contributed by atoms with E-state index in [0.29, 0.717) is 0 Å². The zero-order valence-corrected chi connectivity index (χ0v) is 7.99. The highest BCUT2D eigenvalue weighted by atomic mass is 16.2. The molecule has 3 N–H and O–H groups in total. The van der Waals surface area contributed by atoms with E-state index in [1.54, 1.807) is 0 Å². The molecule has 1 aliphatic rings. The van der Waals surface area contributed by atoms with Gasteiger partial charge in [-0.05, 0) is 19.3 Å². The van der Waals surface area contributed by atoms with Crippen molar-refractivity contribution in [3.05, 3.63) is 0 Å². The SMILES string of the molecule is N#CC1CCCCC/C1=N/NC(N)=O. The number of rotatable bonds is 1. The van der Waals surface area contributed by atoms with Crippen LogP contribution < -0.4 is 11.2 Å². The minimum absolute atomic E-state index is 0.163. The van der Waals surface area contributed by atoms with Gasteiger partial charge in [0, 0.05) is 0 Å². The first-order valence-electron chi connectivity index (χ1n) is 4.75. The van der Waals surface area contributed by atoms with Crippen LogP contribution in [0.4, 0.5) is 4.79 Å². The smallest absolute Gasteiger partial charge is 0.332 e. The van der Waals surface area contributed by atoms with Gasteiger partial charge in [-0.3, -0.25) is 0 Å². The standard InChI is InChI=1S/C9H14N4O/c10-6-7-4-2-1-3-5-8(7)12-13-9(11)14/h7H,1-5H2,(H3,11,13,14)/b12-8-. The van der Waals surface area contributed by atoms with Gasteiger partial charge in [-0.25, -0.2) is 10.2 Å². The zero-order valence-electron chi connectivity index (χ0n) is 7.99. The van der Waals surface area contributed by atoms with E-state index in [-0.39, 0.29) is 5.92 Å². The lowest BCUT2D eigenvalue weighted by Crippen LogP contribution is -2.27. The van der Waals surface area contributed by atoms with Crippen LogP contribution in [0.3, 0.4) is 0 Å². The number of nitrogens with one attached hydrogen (secondary N) is 1. The van der Waals surface area contributed by atoms with Crippen molar-refractivity contribution >= 4 is 11.7 Å². The Morgan fingerprint density at radius 2 is 2.36 bits per heavy atom. The van der Waals surface area contributed by atoms with Crippen molar-refractivity contribution in [1.82, 2.24) is 5.43 Å². The first kappa shape index (κ1) is 10.5. The molecule has 0 aliphatic heterocycles. The number of carbonyl (C=O) groups is 1. The molecule has 76 valence electrons. The highest BCUT2D eigenvalue weighted by Crippen LogP contribution is 2.20. The molecular weight excluding hydrogens is 180 g/mol. The highest BCUT2D eigenvalue weighted by Gasteiger charge is 2.18. The number of urea groups is 1. The molecule has 0 heterocycles. The number of nitriles is 1. The largest absolute Gasteiger partial charge is 0.350 e. The molecule has 0 saturated heterocycles. The quantitative estimate of drug-likeness (QED) is 0.483. The van der Waals surface area contributed by atoms with Crippen LogP contribution in [0.15, 0.2) is 5.10 Å². The van der Waals surface area contributed by atoms with Crippen LogP contribution in [-0.2, 0) is 0 Å². The number of amides is 2. The predicted octanol–water partition coefficient (Wildman–Crippen LogP) is 1.11. The fraction of sp³-hybridized carbons (Fsp3) is 0.667. The van der Waals surface area contributed by atoms with E-state index >= 15 is 0 Å². The van der Waals surface area contributed by atoms with Gasteiger partial charge in [0.1, 0.15) is 0 Å². The topological polar surface area (TPSA) is 91.3 Å². The van der Waals surface area contributed by atoms with E-state index in [9.17, 15) is 4.79 Å². The summed E-state index contributed by atoms with van der Waals surface area (Å²) in [6.45, 7) is 0. The van der Waals surface area contributed by atoms with Crippen LogP contribution in [0.2, 0.25) is 0 Å². The lowest BCUT2D eigenvalue weighted by atomic mass is 10.0. The Kier molecular flexibility index (Phi) is 3.92. The van der Waals surface area contributed by atoms with Crippen molar-refractivity contribution < 1.29 is 4.79 Å². The second kappa shape index (κ2) is 5.22. The fourth-order valence-electron chi connectivity index (χ4n) is 1.57. The molecule has 0 spiro atoms. The minimum Gasteiger partial charge on any atom is -0.350 e. The van der Waals surface area contributed by atoms with Crippen molar-refractivity contribution in [2.45, 2.75) is 32.1 Å². The third-order valence-electron chi connectivity index (χ3n) is 2.29. The Balaban J connectivity index is 2.66. The molecule has 5 heteroatoms. The van der Waals surface area contributed by atoms with E-state index in [4.69, 9.17) is 11.0 Å². The van der Waals surface area contributed by atoms with Gasteiger partial charge < -0.3 is 5.73 Å². The van der Waals surface area contributed by atoms with Crippen LogP contribution >= 0.6 is 0 Å². The third kappa shape index (κ3) is 3.05. The summed E-state index contributed by atoms with van der Waals surface area (Å²) in [5.41, 5.74) is 7.83. The van der Waals surface area contributed by atoms with Crippen LogP contribution in [0.1, 0.15) is 32.1 Å². The van der Waals surface area contributed by atoms with Crippen LogP contribution in [-0.4, -0.2) is 11.7 Å². The van der Waals surface area contributed by atoms with E-state index in [2.05, 4.69) is 16.6 Å². The normalized spacial score (nSPS) is 25.1. The van der Waals surface area contributed by atoms with Gasteiger partial charge in [-0.15, -0.1) is 0 Å². The van der Waals surface area contributed by atoms with Crippen molar-refractivity contribution in [2.24, 2.45) is 16.8 Å². The van der Waals surface area contributed by atoms with Gasteiger partial charge in [0.05, 0.1) is 17.7 Å². The van der Waals surface area contributed by atoms with Gasteiger partial charge in [-0.1, -0.05) is 12.8 Å². The van der Waals surface area contributed by atoms with Gasteiger partial charge in [0.2, 0.25) is 0 Å². The van der Waals surface area contributed by atoms with Crippen LogP contribution in [0, 0.1) is 17.2 Å². The number of hydrogen-bond acceptors (Lipinski definition) is 3. The molecule has 0 aromatic carbocycles. The summed E-state index contributed by atoms with van der Waals surface area (Å²) >= 11 is 0. The molecule has 0 radical (unpaired) electrons. The van der Waals surface area contributed by atoms with Crippen molar-refractivity contribution in [2.75, 3.05) is 0 Å². The Morgan fingerprint density at radius 1 is 1.57 bits per heavy atom. The lowest BCUT2D eigenvalue weighted by Gasteiger charge is -2.07. The molecule has 1 fully saturated rings. The monoisotopic (exact) mass is 194 g/mol. The molecule has 1 unspecified atom stereocenters. The first-order chi connectivity index (χ1) is 6.74. The molecule has 1 aliphatic carbocycles. The summed E-state index contributed by atoms with van der Waals surface area (Å²) in [6.07, 6.45) is 4.80. The summed E-state index contributed by atoms with van der Waals surface area (Å²) in [6, 6.07) is 1.51. The molecule has 14 heavy (non-hydrogen) atoms. The number of carbonyl (C=O) groups excluding carboxylic acids is 1. The number of hydrazone groups is 1. The molecule has 0 aromatic rings. The number of nitrogens with two attached hydrogens (primary N) is 1. The lowest BCUT2D eigenvalue weighted by molar-refractivity contribution is 0.249. The van der Waals surface area contributed by atoms with Gasteiger partial charge in [-0.2, -0.15) is 10.4 Å². The Labute approximate surface area is 83.0 Å². The zero-order chi connectivity index (χ0) is 10.4. The molecule has 5 nitrogen and oxygen atoms in total. The second-order valence-corrected chi connectivity index (χ2v) is 3.36. The number of nitrogens with zero attached hydrogens (tertiary/aromatic N) is 2. The summed E-state index contributed by atoms with van der Waals surface area (Å²) < 4.78 is 0. The summed E-state index contributed by atoms with van der Waals surface area (Å²) in [7, 11) is 0. The molecule has 1 rings (SSSR count). The number of primary amides is 1. The maximum Gasteiger partial charge on any atom is 0.332 e. The Bertz CT molecular complexity index is 279. The van der Waals surface area contributed by atoms with E-state index in [0.717, 1.165) is 37.8 Å². The Morgan fingerprint density at radius 3 is 3.00 bits per heavy atom. The molecule has 2 amide bonds. The molecular formula is C9H14N4O. The Hall–Kier alpha value is -1.57. The second-order valence-electron chi connectivity index (χ2n) is 3.36. The predicted molar refractivity (Wildman–Crippen MR) is 52.3 cm³/mol. The van der Waals surface area contributed by atoms with Gasteiger partial charge in [0.25, 0.3) is 0 Å². The molecule has 1 saturated carbocycles. The minimum atomic E-state index is -0.682. The number of hydrogen-bond donors (Lipinski definition) is 2. The van der Waals surface area contributed by atoms with Gasteiger partial charge >= 0.3 is 6.03 Å². The van der Waals surface area contributed by atoms with Crippen molar-refractivity contribution in [3.63, 3.8) is 0 Å². The van der Waals surface area contributed by atoms with Crippen LogP contribution in [0.25, 0.3) is 0 Å². The maximum absolute atomic E-state index is 10.4. The maximum atomic E-state index is 10.4. The molecule has 0 aromatic heterocycles. The van der Waals surface area contributed by atoms with E-state index in [1.165, 1.54) is 0 Å². The first-order valence-corrected chi connectivity index (χ1v) is 4.75. The summed E-state index contributed by atoms with van der Waals surface area (Å²) in [5, 5.41) is 12.7. The average molecular weight is 194 g/mol. The van der Waals surface area contributed by atoms with Crippen LogP contribution in [0.5, 0.6) is 0 Å². The molecule has 0 bridgehead atoms. The van der Waals surface area contributed by atoms with E-state index < -0.39 is 6.03 Å². The van der Waals surface area contributed by atoms with Gasteiger partial charge in [0.15, 0.2) is 0 Å². The van der Waals surface area contributed by atoms with E-state index in [1.807, 2.05) is 0 Å². The average Bonchev–Trinajstić information content (AvgIpc) is 2.38. The molecule has 1 atom stereocenters. The summed E-state index contributed by atoms with van der Waals surface area (Å²) in [4.78, 5) is 10.4. The third-order valence-corrected chi connectivity index (χ3v) is 2.29. The van der Waals surface area contributed by atoms with Crippen molar-refractivity contribution in [3.8, 4) is 6.07 Å². The fourth-order valence-corrected chi connectivity index (χ4v) is 1.57. The van der Waals surface area contributed by atoms with Crippen molar-refractivity contribution in [1.29, 1.82) is 5.26 Å². The summed E-state index contributed by atoms with van der Waals surface area (Å²) in [5.74, 6) is -0.163.